The van der Waals surface area contributed by atoms with Crippen LogP contribution in [0, 0.1) is 11.7 Å². The van der Waals surface area contributed by atoms with E-state index in [0.717, 1.165) is 18.6 Å². The predicted molar refractivity (Wildman–Crippen MR) is 69.5 cm³/mol. The zero-order valence-electron chi connectivity index (χ0n) is 10.6. The summed E-state index contributed by atoms with van der Waals surface area (Å²) in [5.74, 6) is -0.530. The molecule has 1 aliphatic heterocycles. The van der Waals surface area contributed by atoms with Crippen LogP contribution in [-0.4, -0.2) is 27.7 Å². The Bertz CT molecular complexity index is 536. The molecule has 106 valence electrons. The molecule has 1 fully saturated rings. The summed E-state index contributed by atoms with van der Waals surface area (Å²) in [6, 6.07) is 3.00. The number of nitrogens with one attached hydrogen (secondary N) is 1. The van der Waals surface area contributed by atoms with Crippen LogP contribution in [0.2, 0.25) is 0 Å². The number of benzene rings is 1. The molecule has 2 atom stereocenters. The van der Waals surface area contributed by atoms with E-state index in [9.17, 15) is 12.8 Å². The number of ether oxygens (including phenoxy) is 1. The van der Waals surface area contributed by atoms with Crippen LogP contribution in [0.4, 0.5) is 10.1 Å². The summed E-state index contributed by atoms with van der Waals surface area (Å²) < 4.78 is 45.2. The van der Waals surface area contributed by atoms with Gasteiger partial charge in [-0.05, 0) is 31.5 Å². The Labute approximate surface area is 112 Å². The van der Waals surface area contributed by atoms with Gasteiger partial charge >= 0.3 is 0 Å². The lowest BCUT2D eigenvalue weighted by molar-refractivity contribution is 0.180. The molecule has 1 saturated heterocycles. The van der Waals surface area contributed by atoms with Crippen LogP contribution in [0.25, 0.3) is 0 Å². The summed E-state index contributed by atoms with van der Waals surface area (Å²) in [6.45, 7) is 2.96. The molecule has 0 radical (unpaired) electrons. The number of nitrogens with two attached hydrogens (primary N) is 1. The quantitative estimate of drug-likeness (QED) is 0.813. The first kappa shape index (κ1) is 14.2. The molecule has 5 nitrogen and oxygen atoms in total. The number of anilines is 1. The summed E-state index contributed by atoms with van der Waals surface area (Å²) in [4.78, 5) is -0.157. The van der Waals surface area contributed by atoms with Crippen LogP contribution in [-0.2, 0) is 14.8 Å². The number of halogens is 1. The van der Waals surface area contributed by atoms with E-state index in [-0.39, 0.29) is 22.5 Å². The van der Waals surface area contributed by atoms with Gasteiger partial charge in [0, 0.05) is 24.3 Å². The fourth-order valence-electron chi connectivity index (χ4n) is 2.10. The summed E-state index contributed by atoms with van der Waals surface area (Å²) in [5, 5.41) is 0. The van der Waals surface area contributed by atoms with Gasteiger partial charge in [0.15, 0.2) is 0 Å². The fourth-order valence-corrected chi connectivity index (χ4v) is 3.47. The smallest absolute Gasteiger partial charge is 0.240 e. The maximum Gasteiger partial charge on any atom is 0.240 e. The standard InChI is InChI=1S/C12H17FN2O3S/c1-8(9-2-3-18-7-9)15-19(16,17)12-5-10(13)4-11(14)6-12/h4-6,8-9,15H,2-3,7,14H2,1H3. The van der Waals surface area contributed by atoms with Crippen LogP contribution < -0.4 is 10.5 Å². The molecule has 2 rings (SSSR count). The summed E-state index contributed by atoms with van der Waals surface area (Å²) in [5.41, 5.74) is 5.54. The first-order valence-electron chi connectivity index (χ1n) is 6.04. The molecule has 2 unspecified atom stereocenters. The minimum atomic E-state index is -3.77. The highest BCUT2D eigenvalue weighted by atomic mass is 32.2. The van der Waals surface area contributed by atoms with Crippen molar-refractivity contribution in [2.24, 2.45) is 5.92 Å². The summed E-state index contributed by atoms with van der Waals surface area (Å²) in [6.07, 6.45) is 0.814. The highest BCUT2D eigenvalue weighted by Crippen LogP contribution is 2.20. The van der Waals surface area contributed by atoms with Crippen molar-refractivity contribution in [3.05, 3.63) is 24.0 Å². The van der Waals surface area contributed by atoms with Gasteiger partial charge in [0.2, 0.25) is 10.0 Å². The molecule has 0 spiro atoms. The summed E-state index contributed by atoms with van der Waals surface area (Å²) >= 11 is 0. The van der Waals surface area contributed by atoms with Crippen molar-refractivity contribution < 1.29 is 17.5 Å². The Kier molecular flexibility index (Phi) is 4.07. The third-order valence-electron chi connectivity index (χ3n) is 3.22. The Hall–Kier alpha value is -1.18. The van der Waals surface area contributed by atoms with E-state index < -0.39 is 15.8 Å². The van der Waals surface area contributed by atoms with Crippen molar-refractivity contribution in [2.75, 3.05) is 18.9 Å². The topological polar surface area (TPSA) is 81.4 Å². The normalized spacial score (nSPS) is 21.5. The molecule has 0 amide bonds. The average molecular weight is 288 g/mol. The van der Waals surface area contributed by atoms with E-state index in [1.165, 1.54) is 6.07 Å². The van der Waals surface area contributed by atoms with E-state index in [4.69, 9.17) is 10.5 Å². The second kappa shape index (κ2) is 5.44. The van der Waals surface area contributed by atoms with Crippen molar-refractivity contribution in [1.29, 1.82) is 0 Å². The minimum Gasteiger partial charge on any atom is -0.399 e. The molecule has 1 aliphatic rings. The first-order chi connectivity index (χ1) is 8.88. The molecule has 3 N–H and O–H groups in total. The number of hydrogen-bond donors (Lipinski definition) is 2. The summed E-state index contributed by atoms with van der Waals surface area (Å²) in [7, 11) is -3.77. The lowest BCUT2D eigenvalue weighted by Crippen LogP contribution is -2.38. The van der Waals surface area contributed by atoms with Gasteiger partial charge in [0.05, 0.1) is 11.5 Å². The highest BCUT2D eigenvalue weighted by molar-refractivity contribution is 7.89. The second-order valence-electron chi connectivity index (χ2n) is 4.75. The molecular formula is C12H17FN2O3S. The molecule has 0 saturated carbocycles. The van der Waals surface area contributed by atoms with Crippen molar-refractivity contribution >= 4 is 15.7 Å². The van der Waals surface area contributed by atoms with Crippen LogP contribution >= 0.6 is 0 Å². The largest absolute Gasteiger partial charge is 0.399 e. The zero-order valence-corrected chi connectivity index (χ0v) is 11.4. The monoisotopic (exact) mass is 288 g/mol. The SMILES string of the molecule is CC(NS(=O)(=O)c1cc(N)cc(F)c1)C1CCOC1. The molecule has 1 aromatic rings. The molecule has 1 aromatic carbocycles. The fraction of sp³-hybridized carbons (Fsp3) is 0.500. The third-order valence-corrected chi connectivity index (χ3v) is 4.76. The van der Waals surface area contributed by atoms with Gasteiger partial charge < -0.3 is 10.5 Å². The molecule has 0 aliphatic carbocycles. The highest BCUT2D eigenvalue weighted by Gasteiger charge is 2.27. The van der Waals surface area contributed by atoms with E-state index in [1.54, 1.807) is 6.92 Å². The molecule has 0 bridgehead atoms. The van der Waals surface area contributed by atoms with E-state index in [1.807, 2.05) is 0 Å². The van der Waals surface area contributed by atoms with E-state index in [2.05, 4.69) is 4.72 Å². The van der Waals surface area contributed by atoms with Gasteiger partial charge in [-0.15, -0.1) is 0 Å². The van der Waals surface area contributed by atoms with Crippen LogP contribution in [0.15, 0.2) is 23.1 Å². The number of sulfonamides is 1. The number of hydrogen-bond acceptors (Lipinski definition) is 4. The van der Waals surface area contributed by atoms with Crippen molar-refractivity contribution in [2.45, 2.75) is 24.3 Å². The van der Waals surface area contributed by atoms with Gasteiger partial charge in [0.1, 0.15) is 5.82 Å². The van der Waals surface area contributed by atoms with Gasteiger partial charge in [-0.3, -0.25) is 0 Å². The number of rotatable bonds is 4. The van der Waals surface area contributed by atoms with E-state index in [0.29, 0.717) is 13.2 Å². The minimum absolute atomic E-state index is 0.0808. The third kappa shape index (κ3) is 3.43. The Balaban J connectivity index is 2.17. The maximum atomic E-state index is 13.2. The van der Waals surface area contributed by atoms with E-state index >= 15 is 0 Å². The van der Waals surface area contributed by atoms with Crippen LogP contribution in [0.3, 0.4) is 0 Å². The van der Waals surface area contributed by atoms with Crippen molar-refractivity contribution in [3.8, 4) is 0 Å². The number of nitrogen functional groups attached to an aromatic ring is 1. The predicted octanol–water partition coefficient (Wildman–Crippen LogP) is 1.11. The van der Waals surface area contributed by atoms with Crippen molar-refractivity contribution in [1.82, 2.24) is 4.72 Å². The van der Waals surface area contributed by atoms with Gasteiger partial charge in [-0.25, -0.2) is 17.5 Å². The molecular weight excluding hydrogens is 271 g/mol. The zero-order chi connectivity index (χ0) is 14.0. The maximum absolute atomic E-state index is 13.2. The molecule has 19 heavy (non-hydrogen) atoms. The van der Waals surface area contributed by atoms with Gasteiger partial charge in [-0.2, -0.15) is 0 Å². The lowest BCUT2D eigenvalue weighted by Gasteiger charge is -2.19. The van der Waals surface area contributed by atoms with Gasteiger partial charge in [0.25, 0.3) is 0 Å². The first-order valence-corrected chi connectivity index (χ1v) is 7.53. The molecule has 0 aromatic heterocycles. The Morgan fingerprint density at radius 1 is 1.47 bits per heavy atom. The van der Waals surface area contributed by atoms with Crippen molar-refractivity contribution in [3.63, 3.8) is 0 Å². The van der Waals surface area contributed by atoms with Crippen LogP contribution in [0.5, 0.6) is 0 Å². The molecule has 1 heterocycles. The van der Waals surface area contributed by atoms with Gasteiger partial charge in [-0.1, -0.05) is 0 Å². The Morgan fingerprint density at radius 2 is 2.21 bits per heavy atom. The Morgan fingerprint density at radius 3 is 2.79 bits per heavy atom. The molecule has 7 heteroatoms. The average Bonchev–Trinajstić information content (AvgIpc) is 2.80. The lowest BCUT2D eigenvalue weighted by atomic mass is 10.0. The van der Waals surface area contributed by atoms with Crippen LogP contribution in [0.1, 0.15) is 13.3 Å². The second-order valence-corrected chi connectivity index (χ2v) is 6.47.